The van der Waals surface area contributed by atoms with Gasteiger partial charge in [0.25, 0.3) is 7.44 Å². The molecule has 7 nitrogen and oxygen atoms in total. The zero-order valence-electron chi connectivity index (χ0n) is 8.48. The summed E-state index contributed by atoms with van der Waals surface area (Å²) in [6.07, 6.45) is -4.54. The molecule has 0 fully saturated rings. The van der Waals surface area contributed by atoms with E-state index in [1.165, 1.54) is 0 Å². The Kier molecular flexibility index (Phi) is 3.88. The van der Waals surface area contributed by atoms with E-state index in [0.717, 1.165) is 12.1 Å². The lowest BCUT2D eigenvalue weighted by Crippen LogP contribution is -2.08. The third kappa shape index (κ3) is 2.95. The summed E-state index contributed by atoms with van der Waals surface area (Å²) < 4.78 is 48.7. The standard InChI is InChI=1S/C7H4F3N6OP/c8-7(9,10)5-1-3-6(4-2-5)18(17,15-13-11)16-14-12/h1-4H. The van der Waals surface area contributed by atoms with Gasteiger partial charge in [0.1, 0.15) is 0 Å². The summed E-state index contributed by atoms with van der Waals surface area (Å²) in [6, 6.07) is 2.99. The number of hydrogen-bond acceptors (Lipinski definition) is 1. The summed E-state index contributed by atoms with van der Waals surface area (Å²) in [4.78, 5) is 10.2. The fraction of sp³-hybridized carbons (Fsp3) is 0.143. The lowest BCUT2D eigenvalue weighted by Gasteiger charge is -2.09. The molecule has 0 aromatic heterocycles. The average molecular weight is 276 g/mol. The summed E-state index contributed by atoms with van der Waals surface area (Å²) >= 11 is 0. The van der Waals surface area contributed by atoms with Crippen LogP contribution < -0.4 is 5.30 Å². The smallest absolute Gasteiger partial charge is 0.305 e. The molecule has 0 saturated heterocycles. The number of alkyl halides is 3. The minimum Gasteiger partial charge on any atom is -0.305 e. The second-order valence-corrected chi connectivity index (χ2v) is 4.91. The van der Waals surface area contributed by atoms with Crippen molar-refractivity contribution >= 4 is 12.7 Å². The Balaban J connectivity index is 3.30. The molecule has 0 heterocycles. The first kappa shape index (κ1) is 13.9. The van der Waals surface area contributed by atoms with E-state index < -0.39 is 19.2 Å². The predicted octanol–water partition coefficient (Wildman–Crippen LogP) is 4.14. The number of hydrogen-bond donors (Lipinski definition) is 0. The zero-order valence-corrected chi connectivity index (χ0v) is 9.38. The minimum atomic E-state index is -4.54. The second-order valence-electron chi connectivity index (χ2n) is 2.95. The third-order valence-corrected chi connectivity index (χ3v) is 3.47. The molecule has 0 bridgehead atoms. The van der Waals surface area contributed by atoms with E-state index in [2.05, 4.69) is 19.6 Å². The van der Waals surface area contributed by atoms with Crippen molar-refractivity contribution in [3.8, 4) is 0 Å². The number of nitrogens with zero attached hydrogens (tertiary/aromatic N) is 6. The third-order valence-electron chi connectivity index (χ3n) is 1.85. The van der Waals surface area contributed by atoms with Gasteiger partial charge in [0.2, 0.25) is 0 Å². The molecule has 0 unspecified atom stereocenters. The highest BCUT2D eigenvalue weighted by Gasteiger charge is 2.31. The molecular weight excluding hydrogens is 272 g/mol. The van der Waals surface area contributed by atoms with Crippen molar-refractivity contribution in [1.29, 1.82) is 0 Å². The molecule has 0 aliphatic heterocycles. The van der Waals surface area contributed by atoms with Gasteiger partial charge in [-0.05, 0) is 33.0 Å². The molecule has 1 rings (SSSR count). The van der Waals surface area contributed by atoms with Gasteiger partial charge >= 0.3 is 6.18 Å². The van der Waals surface area contributed by atoms with E-state index in [4.69, 9.17) is 11.1 Å². The average Bonchev–Trinajstić information content (AvgIpc) is 2.29. The number of azide groups is 1. The fourth-order valence-electron chi connectivity index (χ4n) is 1.07. The van der Waals surface area contributed by atoms with E-state index in [0.29, 0.717) is 12.1 Å². The van der Waals surface area contributed by atoms with E-state index in [-0.39, 0.29) is 5.30 Å². The van der Waals surface area contributed by atoms with E-state index in [1.807, 2.05) is 0 Å². The summed E-state index contributed by atoms with van der Waals surface area (Å²) in [6.45, 7) is 0. The van der Waals surface area contributed by atoms with Crippen LogP contribution in [0, 0.1) is 0 Å². The highest BCUT2D eigenvalue weighted by Crippen LogP contribution is 2.48. The van der Waals surface area contributed by atoms with Gasteiger partial charge in [0.15, 0.2) is 0 Å². The summed E-state index contributed by atoms with van der Waals surface area (Å²) in [7, 11) is -4.09. The predicted molar refractivity (Wildman–Crippen MR) is 57.0 cm³/mol. The molecular formula is C7H4F3N6OP. The van der Waals surface area contributed by atoms with Crippen molar-refractivity contribution < 1.29 is 17.7 Å². The molecule has 94 valence electrons. The van der Waals surface area contributed by atoms with Crippen LogP contribution in [-0.4, -0.2) is 0 Å². The highest BCUT2D eigenvalue weighted by atomic mass is 31.2. The molecule has 11 heteroatoms. The van der Waals surface area contributed by atoms with Crippen LogP contribution in [0.2, 0.25) is 0 Å². The molecule has 0 spiro atoms. The SMILES string of the molecule is [N-]=[N+]=NP(=O)(N=[N+]=[N-])c1ccc(C(F)(F)F)cc1. The van der Waals surface area contributed by atoms with Crippen molar-refractivity contribution in [2.75, 3.05) is 0 Å². The molecule has 0 N–H and O–H groups in total. The van der Waals surface area contributed by atoms with Gasteiger partial charge in [-0.1, -0.05) is 12.1 Å². The van der Waals surface area contributed by atoms with Crippen LogP contribution in [0.3, 0.4) is 0 Å². The van der Waals surface area contributed by atoms with E-state index in [1.54, 1.807) is 0 Å². The topological polar surface area (TPSA) is 115 Å². The number of benzene rings is 1. The number of halogens is 3. The Morgan fingerprint density at radius 1 is 1.06 bits per heavy atom. The molecule has 1 aromatic carbocycles. The van der Waals surface area contributed by atoms with Crippen LogP contribution in [0.4, 0.5) is 13.2 Å². The van der Waals surface area contributed by atoms with Crippen LogP contribution in [0.15, 0.2) is 34.0 Å². The lowest BCUT2D eigenvalue weighted by atomic mass is 10.2. The summed E-state index contributed by atoms with van der Waals surface area (Å²) in [5, 5.41) is -0.272. The monoisotopic (exact) mass is 276 g/mol. The summed E-state index contributed by atoms with van der Waals surface area (Å²) in [5.41, 5.74) is 15.4. The maximum Gasteiger partial charge on any atom is 0.416 e. The van der Waals surface area contributed by atoms with Gasteiger partial charge in [-0.15, -0.1) is 0 Å². The van der Waals surface area contributed by atoms with E-state index >= 15 is 0 Å². The first-order chi connectivity index (χ1) is 8.33. The first-order valence-electron chi connectivity index (χ1n) is 4.24. The van der Waals surface area contributed by atoms with Gasteiger partial charge in [-0.25, -0.2) is 0 Å². The Hall–Kier alpha value is -2.14. The van der Waals surface area contributed by atoms with Crippen molar-refractivity contribution in [2.45, 2.75) is 6.18 Å². The zero-order chi connectivity index (χ0) is 13.8. The maximum atomic E-state index is 12.3. The van der Waals surface area contributed by atoms with Gasteiger partial charge in [-0.2, -0.15) is 13.2 Å². The molecule has 0 radical (unpaired) electrons. The maximum absolute atomic E-state index is 12.3. The van der Waals surface area contributed by atoms with Crippen molar-refractivity contribution in [3.63, 3.8) is 0 Å². The van der Waals surface area contributed by atoms with Gasteiger partial charge in [0, 0.05) is 15.1 Å². The second kappa shape index (κ2) is 5.01. The van der Waals surface area contributed by atoms with Crippen molar-refractivity contribution in [2.24, 2.45) is 9.77 Å². The molecule has 0 amide bonds. The quantitative estimate of drug-likeness (QED) is 0.351. The molecule has 0 aliphatic rings. The highest BCUT2D eigenvalue weighted by molar-refractivity contribution is 7.68. The molecule has 0 atom stereocenters. The van der Waals surface area contributed by atoms with Crippen molar-refractivity contribution in [1.82, 2.24) is 0 Å². The normalized spacial score (nSPS) is 13.9. The van der Waals surface area contributed by atoms with Crippen LogP contribution in [0.5, 0.6) is 0 Å². The lowest BCUT2D eigenvalue weighted by molar-refractivity contribution is -0.137. The molecule has 0 aliphatic carbocycles. The Morgan fingerprint density at radius 2 is 1.50 bits per heavy atom. The fourth-order valence-corrected chi connectivity index (χ4v) is 2.07. The van der Waals surface area contributed by atoms with Crippen molar-refractivity contribution in [3.05, 3.63) is 50.7 Å². The van der Waals surface area contributed by atoms with Crippen LogP contribution >= 0.6 is 7.44 Å². The Bertz CT molecular complexity index is 562. The van der Waals surface area contributed by atoms with Gasteiger partial charge in [-0.3, -0.25) is 0 Å². The Labute approximate surface area is 98.0 Å². The Morgan fingerprint density at radius 3 is 1.83 bits per heavy atom. The summed E-state index contributed by atoms with van der Waals surface area (Å²) in [5.74, 6) is 0. The van der Waals surface area contributed by atoms with Crippen LogP contribution in [0.1, 0.15) is 5.56 Å². The molecule has 1 aromatic rings. The number of rotatable bonds is 3. The van der Waals surface area contributed by atoms with Gasteiger partial charge < -0.3 is 4.57 Å². The van der Waals surface area contributed by atoms with Gasteiger partial charge in [0.05, 0.1) is 5.56 Å². The van der Waals surface area contributed by atoms with Crippen LogP contribution in [-0.2, 0) is 10.7 Å². The first-order valence-corrected chi connectivity index (χ1v) is 5.86. The van der Waals surface area contributed by atoms with Crippen LogP contribution in [0.25, 0.3) is 20.9 Å². The molecule has 0 saturated carbocycles. The van der Waals surface area contributed by atoms with E-state index in [9.17, 15) is 17.7 Å². The molecule has 18 heavy (non-hydrogen) atoms. The largest absolute Gasteiger partial charge is 0.416 e. The minimum absolute atomic E-state index is 0.272.